The molecule has 0 saturated carbocycles. The van der Waals surface area contributed by atoms with Crippen molar-refractivity contribution in [3.8, 4) is 22.5 Å². The van der Waals surface area contributed by atoms with Crippen LogP contribution in [0.15, 0.2) is 95.8 Å². The summed E-state index contributed by atoms with van der Waals surface area (Å²) in [6.07, 6.45) is -8.06. The van der Waals surface area contributed by atoms with E-state index in [0.29, 0.717) is 47.4 Å². The summed E-state index contributed by atoms with van der Waals surface area (Å²) in [5.41, 5.74) is 6.58. The molecule has 2 aliphatic carbocycles. The minimum absolute atomic E-state index is 0.0182. The maximum atomic E-state index is 15.5. The van der Waals surface area contributed by atoms with Crippen molar-refractivity contribution in [1.29, 1.82) is 0 Å². The number of ether oxygens (including phenoxy) is 4. The Hall–Kier alpha value is -9.59. The number of amides is 7. The minimum Gasteiger partial charge on any atom is -0.458 e. The summed E-state index contributed by atoms with van der Waals surface area (Å²) in [5.74, 6) is -6.21. The van der Waals surface area contributed by atoms with Crippen LogP contribution >= 0.6 is 0 Å². The molecule has 1 fully saturated rings. The second kappa shape index (κ2) is 30.7. The fraction of sp³-hybridized carbons (Fsp3) is 0.429. The Bertz CT molecular complexity index is 4130. The van der Waals surface area contributed by atoms with Crippen LogP contribution in [-0.2, 0) is 84.1 Å². The fourth-order valence-electron chi connectivity index (χ4n) is 13.7. The van der Waals surface area contributed by atoms with Crippen molar-refractivity contribution in [3.05, 3.63) is 157 Å². The van der Waals surface area contributed by atoms with Gasteiger partial charge in [0.2, 0.25) is 35.4 Å². The Morgan fingerprint density at radius 3 is 2.13 bits per heavy atom. The molecule has 5 aliphatic rings. The van der Waals surface area contributed by atoms with Crippen LogP contribution in [0.5, 0.6) is 0 Å². The first-order valence-electron chi connectivity index (χ1n) is 32.8. The van der Waals surface area contributed by atoms with Gasteiger partial charge in [-0.3, -0.25) is 38.5 Å². The first-order chi connectivity index (χ1) is 47.6. The number of benzene rings is 4. The summed E-state index contributed by atoms with van der Waals surface area (Å²) < 4.78 is 39.3. The van der Waals surface area contributed by atoms with Gasteiger partial charge in [0.25, 0.3) is 5.56 Å². The molecule has 0 spiro atoms. The van der Waals surface area contributed by atoms with Gasteiger partial charge in [0.05, 0.1) is 61.9 Å². The van der Waals surface area contributed by atoms with Crippen LogP contribution in [0.25, 0.3) is 33.4 Å². The van der Waals surface area contributed by atoms with E-state index in [-0.39, 0.29) is 82.0 Å². The molecule has 29 heteroatoms. The number of alkyl carbamates (subject to hydrolysis) is 1. The molecule has 0 bridgehead atoms. The SMILES string of the molecule is CC[C@@]1(O)C(=O)OCc2c1cc1n(c2=O)Cc2c-1nc1cc(F)c(C)c3c1c2[C@@H](N(C)CCOCNC(=O)CNC(=O)[C@H](Cc1ccccc1)NC(=O)CNC(=O)CNC(=O)[C@H](CCC(=O)NC[C@@H]1O[C@H](CO)[C@@H](O)[C@H](O)[C@H]1O)NC(=O)OCC1c2ccccc2-c2ccccc21)CC3. The van der Waals surface area contributed by atoms with Gasteiger partial charge >= 0.3 is 12.1 Å². The van der Waals surface area contributed by atoms with Gasteiger partial charge < -0.3 is 86.3 Å². The number of aromatic nitrogens is 2. The van der Waals surface area contributed by atoms with E-state index in [1.165, 1.54) is 6.07 Å². The van der Waals surface area contributed by atoms with Crippen molar-refractivity contribution in [1.82, 2.24) is 51.7 Å². The Morgan fingerprint density at radius 2 is 1.43 bits per heavy atom. The molecule has 99 heavy (non-hydrogen) atoms. The molecular weight excluding hydrogens is 1290 g/mol. The quantitative estimate of drug-likeness (QED) is 0.0187. The molecular formula is C70H79FN10O18. The molecule has 11 rings (SSSR count). The van der Waals surface area contributed by atoms with Gasteiger partial charge in [-0.15, -0.1) is 0 Å². The maximum Gasteiger partial charge on any atom is 0.407 e. The standard InChI is InChI=1S/C70H79FN10O18/c1-4-70(95)46-25-52-61-43(31-81(52)67(92)45(46)34-97-68(70)93)60-51(20-18-38-36(2)47(71)26-49(78-61)59(38)60)80(3)22-23-96-35-76-57(85)29-75-66(91)50(24-37-12-6-5-7-13-37)77-58(86)30-73-56(84)28-74-65(90)48(19-21-55(83)72-27-53-62(87)64(89)63(88)54(32-82)99-53)79-69(94)98-33-44-41-16-10-8-14-39(41)40-15-9-11-17-42(40)44/h5-17,25-26,44,48,50-51,53-54,62-64,82,87-89,95H,4,18-24,27-35H2,1-3H3,(H,72,83)(H,73,84)(H,74,90)(H,75,91)(H,76,85)(H,77,86)(H,79,94)/t48-,50-,51-,53-,54+,62-,63+,64+,70-/m0/s1. The normalized spacial score (nSPS) is 20.8. The molecule has 3 aliphatic heterocycles. The summed E-state index contributed by atoms with van der Waals surface area (Å²) in [5, 5.41) is 70.2. The lowest BCUT2D eigenvalue weighted by atomic mass is 9.81. The molecule has 28 nitrogen and oxygen atoms in total. The number of fused-ring (bicyclic) bond motifs is 8. The van der Waals surface area contributed by atoms with Crippen LogP contribution in [0, 0.1) is 12.7 Å². The molecule has 4 aromatic carbocycles. The number of aliphatic hydroxyl groups excluding tert-OH is 4. The van der Waals surface area contributed by atoms with Gasteiger partial charge in [-0.2, -0.15) is 0 Å². The number of halogens is 1. The lowest BCUT2D eigenvalue weighted by Gasteiger charge is -2.40. The number of nitrogens with zero attached hydrogens (tertiary/aromatic N) is 3. The minimum atomic E-state index is -2.03. The van der Waals surface area contributed by atoms with E-state index >= 15 is 4.39 Å². The van der Waals surface area contributed by atoms with Gasteiger partial charge in [-0.25, -0.2) is 19.0 Å². The molecule has 6 aromatic rings. The van der Waals surface area contributed by atoms with Crippen molar-refractivity contribution in [2.24, 2.45) is 0 Å². The van der Waals surface area contributed by atoms with E-state index in [2.05, 4.69) is 42.1 Å². The second-order valence-corrected chi connectivity index (χ2v) is 25.3. The third-order valence-electron chi connectivity index (χ3n) is 19.2. The monoisotopic (exact) mass is 1370 g/mol. The largest absolute Gasteiger partial charge is 0.458 e. The van der Waals surface area contributed by atoms with E-state index < -0.39 is 140 Å². The molecule has 0 radical (unpaired) electrons. The molecule has 1 saturated heterocycles. The van der Waals surface area contributed by atoms with E-state index in [9.17, 15) is 68.7 Å². The number of aryl methyl sites for hydroxylation is 1. The van der Waals surface area contributed by atoms with Gasteiger partial charge in [-0.05, 0) is 90.2 Å². The molecule has 2 aromatic heterocycles. The fourth-order valence-corrected chi connectivity index (χ4v) is 13.7. The highest BCUT2D eigenvalue weighted by atomic mass is 19.1. The van der Waals surface area contributed by atoms with Crippen LogP contribution in [0.4, 0.5) is 9.18 Å². The zero-order valence-electron chi connectivity index (χ0n) is 54.6. The first-order valence-corrected chi connectivity index (χ1v) is 32.8. The van der Waals surface area contributed by atoms with Crippen molar-refractivity contribution in [3.63, 3.8) is 0 Å². The molecule has 5 heterocycles. The van der Waals surface area contributed by atoms with E-state index in [0.717, 1.165) is 44.3 Å². The van der Waals surface area contributed by atoms with Gasteiger partial charge in [0.1, 0.15) is 68.4 Å². The lowest BCUT2D eigenvalue weighted by molar-refractivity contribution is -0.227. The van der Waals surface area contributed by atoms with Crippen molar-refractivity contribution in [2.75, 3.05) is 66.3 Å². The maximum absolute atomic E-state index is 15.5. The Balaban J connectivity index is 0.656. The summed E-state index contributed by atoms with van der Waals surface area (Å²) in [6, 6.07) is 24.0. The second-order valence-electron chi connectivity index (χ2n) is 25.3. The highest BCUT2D eigenvalue weighted by molar-refractivity contribution is 5.95. The van der Waals surface area contributed by atoms with Crippen LogP contribution in [-0.4, -0.2) is 196 Å². The number of pyridine rings is 2. The van der Waals surface area contributed by atoms with Crippen LogP contribution in [0.2, 0.25) is 0 Å². The van der Waals surface area contributed by atoms with Gasteiger partial charge in [-0.1, -0.05) is 85.8 Å². The van der Waals surface area contributed by atoms with Crippen molar-refractivity contribution < 1.29 is 87.2 Å². The number of rotatable bonds is 27. The average molecular weight is 1370 g/mol. The van der Waals surface area contributed by atoms with Crippen LogP contribution in [0.1, 0.15) is 94.6 Å². The van der Waals surface area contributed by atoms with E-state index in [1.807, 2.05) is 55.6 Å². The number of hydrogen-bond acceptors (Lipinski definition) is 20. The highest BCUT2D eigenvalue weighted by Gasteiger charge is 2.47. The molecule has 7 amide bonds. The summed E-state index contributed by atoms with van der Waals surface area (Å²) >= 11 is 0. The van der Waals surface area contributed by atoms with E-state index in [1.54, 1.807) is 54.8 Å². The average Bonchev–Trinajstić information content (AvgIpc) is 1.63. The Morgan fingerprint density at radius 1 is 0.778 bits per heavy atom. The third-order valence-corrected chi connectivity index (χ3v) is 19.2. The number of cyclic esters (lactones) is 1. The lowest BCUT2D eigenvalue weighted by Crippen LogP contribution is -2.60. The smallest absolute Gasteiger partial charge is 0.407 e. The highest BCUT2D eigenvalue weighted by Crippen LogP contribution is 2.48. The number of carbonyl (C=O) groups excluding carboxylic acids is 8. The van der Waals surface area contributed by atoms with Crippen molar-refractivity contribution in [2.45, 2.75) is 126 Å². The van der Waals surface area contributed by atoms with Gasteiger partial charge in [0, 0.05) is 60.5 Å². The zero-order chi connectivity index (χ0) is 70.4. The summed E-state index contributed by atoms with van der Waals surface area (Å²) in [7, 11) is 1.91. The number of nitrogens with one attached hydrogen (secondary N) is 7. The number of likely N-dealkylation sites (N-methyl/N-ethyl adjacent to an activating group) is 1. The topological polar surface area (TPSA) is 397 Å². The summed E-state index contributed by atoms with van der Waals surface area (Å²) in [6.45, 7) is 0.406. The number of esters is 1. The third kappa shape index (κ3) is 15.1. The molecule has 0 unspecified atom stereocenters. The zero-order valence-corrected chi connectivity index (χ0v) is 54.6. The Labute approximate surface area is 566 Å². The molecule has 12 N–H and O–H groups in total. The van der Waals surface area contributed by atoms with Crippen LogP contribution in [0.3, 0.4) is 0 Å². The van der Waals surface area contributed by atoms with Crippen molar-refractivity contribution >= 4 is 58.4 Å². The number of aliphatic hydroxyl groups is 5. The van der Waals surface area contributed by atoms with Gasteiger partial charge in [0.15, 0.2) is 5.60 Å². The van der Waals surface area contributed by atoms with Crippen LogP contribution < -0.4 is 42.8 Å². The number of hydrogen-bond donors (Lipinski definition) is 12. The predicted molar refractivity (Wildman–Crippen MR) is 351 cm³/mol. The Kier molecular flexibility index (Phi) is 21.9. The summed E-state index contributed by atoms with van der Waals surface area (Å²) in [4.78, 5) is 128. The number of carbonyl (C=O) groups is 8. The first kappa shape index (κ1) is 70.7. The van der Waals surface area contributed by atoms with E-state index in [4.69, 9.17) is 23.9 Å². The molecule has 9 atom stereocenters. The predicted octanol–water partition coefficient (Wildman–Crippen LogP) is 0.259. The molecule has 524 valence electrons.